The number of amides is 1. The van der Waals surface area contributed by atoms with Crippen molar-refractivity contribution in [3.05, 3.63) is 0 Å². The molecule has 0 saturated carbocycles. The number of carbonyl (C=O) groups is 1. The highest BCUT2D eigenvalue weighted by atomic mass is 16.1. The van der Waals surface area contributed by atoms with Gasteiger partial charge in [-0.1, -0.05) is 0 Å². The summed E-state index contributed by atoms with van der Waals surface area (Å²) in [5.41, 5.74) is 0. The maximum atomic E-state index is 10.4. The second kappa shape index (κ2) is 2.82. The van der Waals surface area contributed by atoms with Gasteiger partial charge in [0.1, 0.15) is 0 Å². The fourth-order valence-corrected chi connectivity index (χ4v) is 1.05. The second-order valence-corrected chi connectivity index (χ2v) is 2.35. The Morgan fingerprint density at radius 3 is 3.00 bits per heavy atom. The van der Waals surface area contributed by atoms with Crippen molar-refractivity contribution in [3.63, 3.8) is 0 Å². The molecule has 9 heavy (non-hydrogen) atoms. The lowest BCUT2D eigenvalue weighted by molar-refractivity contribution is -0.119. The zero-order valence-electron chi connectivity index (χ0n) is 5.61. The largest absolute Gasteiger partial charge is 0.341 e. The Morgan fingerprint density at radius 2 is 2.56 bits per heavy atom. The molecule has 1 heterocycles. The van der Waals surface area contributed by atoms with Crippen molar-refractivity contribution in [3.8, 4) is 0 Å². The van der Waals surface area contributed by atoms with Crippen LogP contribution in [0.15, 0.2) is 0 Å². The summed E-state index contributed by atoms with van der Waals surface area (Å²) in [7, 11) is 0. The van der Waals surface area contributed by atoms with E-state index in [0.29, 0.717) is 0 Å². The highest BCUT2D eigenvalue weighted by Gasteiger charge is 2.13. The molecule has 0 bridgehead atoms. The van der Waals surface area contributed by atoms with Crippen LogP contribution in [0.1, 0.15) is 19.8 Å². The molecule has 1 saturated heterocycles. The van der Waals surface area contributed by atoms with Gasteiger partial charge in [-0.2, -0.15) is 0 Å². The van der Waals surface area contributed by atoms with E-state index >= 15 is 0 Å². The van der Waals surface area contributed by atoms with Crippen LogP contribution in [0.3, 0.4) is 0 Å². The Bertz CT molecular complexity index is 108. The van der Waals surface area contributed by atoms with E-state index in [9.17, 15) is 4.79 Å². The molecule has 3 heteroatoms. The molecule has 0 radical (unpaired) electrons. The predicted molar refractivity (Wildman–Crippen MR) is 34.8 cm³/mol. The fraction of sp³-hybridized carbons (Fsp3) is 0.833. The summed E-state index contributed by atoms with van der Waals surface area (Å²) in [5, 5.41) is 5.95. The first kappa shape index (κ1) is 6.55. The van der Waals surface area contributed by atoms with Crippen molar-refractivity contribution >= 4 is 5.91 Å². The molecule has 0 aliphatic carbocycles. The van der Waals surface area contributed by atoms with Crippen LogP contribution >= 0.6 is 0 Å². The highest BCUT2D eigenvalue weighted by Crippen LogP contribution is 2.00. The summed E-state index contributed by atoms with van der Waals surface area (Å²) >= 11 is 0. The average molecular weight is 128 g/mol. The number of nitrogens with one attached hydrogen (secondary N) is 2. The summed E-state index contributed by atoms with van der Waals surface area (Å²) < 4.78 is 0. The Morgan fingerprint density at radius 1 is 1.78 bits per heavy atom. The summed E-state index contributed by atoms with van der Waals surface area (Å²) in [6.07, 6.45) is 2.48. The summed E-state index contributed by atoms with van der Waals surface area (Å²) in [6, 6.07) is 0. The van der Waals surface area contributed by atoms with E-state index in [1.165, 1.54) is 6.42 Å². The number of carbonyl (C=O) groups excluding carboxylic acids is 1. The number of hydrogen-bond donors (Lipinski definition) is 2. The monoisotopic (exact) mass is 128 g/mol. The van der Waals surface area contributed by atoms with Crippen LogP contribution in [0.25, 0.3) is 0 Å². The van der Waals surface area contributed by atoms with Crippen LogP contribution in [0.2, 0.25) is 0 Å². The van der Waals surface area contributed by atoms with Crippen LogP contribution in [0.5, 0.6) is 0 Å². The highest BCUT2D eigenvalue weighted by molar-refractivity contribution is 5.73. The number of rotatable bonds is 1. The first-order valence-electron chi connectivity index (χ1n) is 3.29. The lowest BCUT2D eigenvalue weighted by Crippen LogP contribution is -2.39. The molecule has 0 spiro atoms. The zero-order valence-corrected chi connectivity index (χ0v) is 5.61. The molecule has 0 aromatic carbocycles. The van der Waals surface area contributed by atoms with Gasteiger partial charge in [0.05, 0.1) is 6.17 Å². The molecule has 52 valence electrons. The van der Waals surface area contributed by atoms with Crippen LogP contribution in [-0.2, 0) is 4.79 Å². The minimum atomic E-state index is 0.0504. The maximum absolute atomic E-state index is 10.4. The average Bonchev–Trinajstić information content (AvgIpc) is 2.15. The third-order valence-electron chi connectivity index (χ3n) is 1.44. The smallest absolute Gasteiger partial charge is 0.218 e. The molecule has 1 atom stereocenters. The maximum Gasteiger partial charge on any atom is 0.218 e. The third kappa shape index (κ3) is 2.01. The van der Waals surface area contributed by atoms with E-state index in [1.54, 1.807) is 6.92 Å². The molecule has 1 aliphatic rings. The Labute approximate surface area is 54.8 Å². The molecular weight excluding hydrogens is 116 g/mol. The van der Waals surface area contributed by atoms with Crippen molar-refractivity contribution < 1.29 is 4.79 Å². The van der Waals surface area contributed by atoms with E-state index in [0.717, 1.165) is 13.0 Å². The Hall–Kier alpha value is -0.570. The standard InChI is InChI=1S/C6H12N2O/c1-5(9)8-6-3-2-4-7-6/h6-7H,2-4H2,1H3,(H,8,9). The topological polar surface area (TPSA) is 41.1 Å². The van der Waals surface area contributed by atoms with E-state index in [4.69, 9.17) is 0 Å². The van der Waals surface area contributed by atoms with Crippen molar-refractivity contribution in [1.29, 1.82) is 0 Å². The first-order chi connectivity index (χ1) is 4.29. The fourth-order valence-electron chi connectivity index (χ4n) is 1.05. The molecule has 1 aliphatic heterocycles. The zero-order chi connectivity index (χ0) is 6.69. The van der Waals surface area contributed by atoms with Crippen LogP contribution in [0, 0.1) is 0 Å². The first-order valence-corrected chi connectivity index (χ1v) is 3.29. The van der Waals surface area contributed by atoms with Crippen LogP contribution < -0.4 is 10.6 Å². The van der Waals surface area contributed by atoms with Crippen molar-refractivity contribution in [2.75, 3.05) is 6.54 Å². The minimum Gasteiger partial charge on any atom is -0.341 e. The van der Waals surface area contributed by atoms with Gasteiger partial charge in [0.2, 0.25) is 5.91 Å². The summed E-state index contributed by atoms with van der Waals surface area (Å²) in [6.45, 7) is 2.57. The molecule has 3 nitrogen and oxygen atoms in total. The van der Waals surface area contributed by atoms with Gasteiger partial charge < -0.3 is 5.32 Å². The summed E-state index contributed by atoms with van der Waals surface area (Å²) in [5.74, 6) is 0.0504. The van der Waals surface area contributed by atoms with Gasteiger partial charge in [-0.3, -0.25) is 10.1 Å². The molecule has 0 aromatic heterocycles. The molecule has 1 fully saturated rings. The van der Waals surface area contributed by atoms with E-state index in [-0.39, 0.29) is 12.1 Å². The van der Waals surface area contributed by atoms with E-state index in [2.05, 4.69) is 10.6 Å². The Balaban J connectivity index is 2.19. The van der Waals surface area contributed by atoms with Crippen LogP contribution in [-0.4, -0.2) is 18.6 Å². The molecule has 1 amide bonds. The number of hydrogen-bond acceptors (Lipinski definition) is 2. The lowest BCUT2D eigenvalue weighted by Gasteiger charge is -2.09. The predicted octanol–water partition coefficient (Wildman–Crippen LogP) is -0.168. The van der Waals surface area contributed by atoms with Gasteiger partial charge in [0.15, 0.2) is 0 Å². The van der Waals surface area contributed by atoms with Gasteiger partial charge >= 0.3 is 0 Å². The molecule has 2 N–H and O–H groups in total. The van der Waals surface area contributed by atoms with Gasteiger partial charge in [0, 0.05) is 6.92 Å². The van der Waals surface area contributed by atoms with Crippen LogP contribution in [0.4, 0.5) is 0 Å². The normalized spacial score (nSPS) is 26.1. The van der Waals surface area contributed by atoms with Gasteiger partial charge in [-0.25, -0.2) is 0 Å². The van der Waals surface area contributed by atoms with E-state index in [1.807, 2.05) is 0 Å². The minimum absolute atomic E-state index is 0.0504. The molecule has 0 aromatic rings. The molecular formula is C6H12N2O. The SMILES string of the molecule is CC(=O)NC1CCCN1. The van der Waals surface area contributed by atoms with Crippen molar-refractivity contribution in [2.24, 2.45) is 0 Å². The molecule has 1 unspecified atom stereocenters. The van der Waals surface area contributed by atoms with Gasteiger partial charge in [-0.15, -0.1) is 0 Å². The molecule has 1 rings (SSSR count). The van der Waals surface area contributed by atoms with Gasteiger partial charge in [-0.05, 0) is 19.4 Å². The Kier molecular flexibility index (Phi) is 2.05. The summed E-state index contributed by atoms with van der Waals surface area (Å²) in [4.78, 5) is 10.4. The second-order valence-electron chi connectivity index (χ2n) is 2.35. The van der Waals surface area contributed by atoms with E-state index < -0.39 is 0 Å². The quantitative estimate of drug-likeness (QED) is 0.515. The van der Waals surface area contributed by atoms with Crippen molar-refractivity contribution in [1.82, 2.24) is 10.6 Å². The third-order valence-corrected chi connectivity index (χ3v) is 1.44. The lowest BCUT2D eigenvalue weighted by atomic mass is 10.3. The van der Waals surface area contributed by atoms with Crippen molar-refractivity contribution in [2.45, 2.75) is 25.9 Å². The van der Waals surface area contributed by atoms with Gasteiger partial charge in [0.25, 0.3) is 0 Å².